The molecule has 98 valence electrons. The van der Waals surface area contributed by atoms with Crippen molar-refractivity contribution in [2.75, 3.05) is 7.11 Å². The Kier molecular flexibility index (Phi) is 4.61. The minimum Gasteiger partial charge on any atom is -0.479 e. The number of nitrogens with two attached hydrogens (primary N) is 1. The number of methoxy groups -OCH3 is 1. The van der Waals surface area contributed by atoms with Crippen LogP contribution in [0.25, 0.3) is 0 Å². The van der Waals surface area contributed by atoms with E-state index in [0.717, 1.165) is 0 Å². The van der Waals surface area contributed by atoms with Crippen molar-refractivity contribution in [3.8, 4) is 5.75 Å². The highest BCUT2D eigenvalue weighted by atomic mass is 16.6. The molecule has 7 heteroatoms. The third-order valence-electron chi connectivity index (χ3n) is 2.31. The second-order valence-corrected chi connectivity index (χ2v) is 3.54. The van der Waals surface area contributed by atoms with E-state index in [0.29, 0.717) is 11.3 Å². The number of hydrogen-bond donors (Lipinski definition) is 1. The fourth-order valence-corrected chi connectivity index (χ4v) is 1.36. The number of rotatable bonds is 5. The molecule has 7 nitrogen and oxygen atoms in total. The van der Waals surface area contributed by atoms with Crippen LogP contribution >= 0.6 is 0 Å². The number of nitro benzene ring substituents is 1. The Morgan fingerprint density at radius 2 is 2.22 bits per heavy atom. The second-order valence-electron chi connectivity index (χ2n) is 3.54. The number of esters is 1. The van der Waals surface area contributed by atoms with Gasteiger partial charge in [-0.05, 0) is 13.0 Å². The summed E-state index contributed by atoms with van der Waals surface area (Å²) < 4.78 is 9.86. The monoisotopic (exact) mass is 254 g/mol. The molecule has 0 bridgehead atoms. The summed E-state index contributed by atoms with van der Waals surface area (Å²) >= 11 is 0. The fourth-order valence-electron chi connectivity index (χ4n) is 1.36. The van der Waals surface area contributed by atoms with Crippen LogP contribution in [0.4, 0.5) is 5.69 Å². The van der Waals surface area contributed by atoms with Crippen LogP contribution < -0.4 is 10.5 Å². The average molecular weight is 254 g/mol. The third kappa shape index (κ3) is 3.17. The molecule has 18 heavy (non-hydrogen) atoms. The molecule has 1 unspecified atom stereocenters. The highest BCUT2D eigenvalue weighted by Crippen LogP contribution is 2.24. The first-order valence-corrected chi connectivity index (χ1v) is 5.21. The van der Waals surface area contributed by atoms with E-state index < -0.39 is 17.0 Å². The van der Waals surface area contributed by atoms with Gasteiger partial charge in [-0.25, -0.2) is 4.79 Å². The molecule has 0 aliphatic carbocycles. The van der Waals surface area contributed by atoms with E-state index >= 15 is 0 Å². The van der Waals surface area contributed by atoms with Crippen LogP contribution in [-0.2, 0) is 16.1 Å². The maximum absolute atomic E-state index is 11.2. The molecule has 1 aromatic carbocycles. The van der Waals surface area contributed by atoms with Gasteiger partial charge >= 0.3 is 5.97 Å². The number of benzene rings is 1. The van der Waals surface area contributed by atoms with E-state index in [1.807, 2.05) is 0 Å². The first-order valence-electron chi connectivity index (χ1n) is 5.21. The van der Waals surface area contributed by atoms with Gasteiger partial charge in [0.05, 0.1) is 12.0 Å². The number of carbonyl (C=O) groups excluding carboxylic acids is 1. The first-order chi connectivity index (χ1) is 8.49. The number of ether oxygens (including phenoxy) is 2. The molecule has 1 aromatic rings. The minimum absolute atomic E-state index is 0.0743. The molecule has 1 rings (SSSR count). The number of non-ortho nitro benzene ring substituents is 1. The Morgan fingerprint density at radius 3 is 2.72 bits per heavy atom. The maximum atomic E-state index is 11.2. The number of nitro groups is 1. The van der Waals surface area contributed by atoms with Gasteiger partial charge in [-0.1, -0.05) is 0 Å². The Morgan fingerprint density at radius 1 is 1.56 bits per heavy atom. The zero-order chi connectivity index (χ0) is 13.7. The van der Waals surface area contributed by atoms with E-state index in [1.165, 1.54) is 32.2 Å². The SMILES string of the molecule is COC(=O)C(C)Oc1ccc([N+](=O)[O-])cc1CN. The zero-order valence-corrected chi connectivity index (χ0v) is 10.1. The average Bonchev–Trinajstić information content (AvgIpc) is 2.37. The van der Waals surface area contributed by atoms with Gasteiger partial charge in [0.2, 0.25) is 0 Å². The van der Waals surface area contributed by atoms with Gasteiger partial charge in [-0.15, -0.1) is 0 Å². The molecule has 0 aliphatic heterocycles. The molecule has 2 N–H and O–H groups in total. The van der Waals surface area contributed by atoms with Gasteiger partial charge in [-0.2, -0.15) is 0 Å². The molecule has 0 amide bonds. The predicted octanol–water partition coefficient (Wildman–Crippen LogP) is 0.994. The van der Waals surface area contributed by atoms with Crippen LogP contribution in [0.3, 0.4) is 0 Å². The van der Waals surface area contributed by atoms with E-state index in [4.69, 9.17) is 10.5 Å². The smallest absolute Gasteiger partial charge is 0.346 e. The minimum atomic E-state index is -0.804. The number of carbonyl (C=O) groups is 1. The van der Waals surface area contributed by atoms with E-state index in [-0.39, 0.29) is 12.2 Å². The molecule has 0 saturated heterocycles. The predicted molar refractivity (Wildman–Crippen MR) is 63.1 cm³/mol. The molecular weight excluding hydrogens is 240 g/mol. The summed E-state index contributed by atoms with van der Waals surface area (Å²) in [7, 11) is 1.25. The first kappa shape index (κ1) is 13.9. The van der Waals surface area contributed by atoms with Gasteiger partial charge in [-0.3, -0.25) is 10.1 Å². The Bertz CT molecular complexity index is 461. The topological polar surface area (TPSA) is 105 Å². The normalized spacial score (nSPS) is 11.7. The van der Waals surface area contributed by atoms with Crippen LogP contribution in [0.15, 0.2) is 18.2 Å². The fraction of sp³-hybridized carbons (Fsp3) is 0.364. The molecular formula is C11H14N2O5. The molecule has 0 fully saturated rings. The zero-order valence-electron chi connectivity index (χ0n) is 10.1. The van der Waals surface area contributed by atoms with E-state index in [9.17, 15) is 14.9 Å². The van der Waals surface area contributed by atoms with Crippen molar-refractivity contribution in [1.82, 2.24) is 0 Å². The van der Waals surface area contributed by atoms with Crippen molar-refractivity contribution in [2.24, 2.45) is 5.73 Å². The largest absolute Gasteiger partial charge is 0.479 e. The highest BCUT2D eigenvalue weighted by molar-refractivity contribution is 5.74. The van der Waals surface area contributed by atoms with E-state index in [2.05, 4.69) is 4.74 Å². The van der Waals surface area contributed by atoms with Crippen molar-refractivity contribution in [1.29, 1.82) is 0 Å². The molecule has 0 spiro atoms. The van der Waals surface area contributed by atoms with Gasteiger partial charge < -0.3 is 15.2 Å². The Hall–Kier alpha value is -2.15. The standard InChI is InChI=1S/C11H14N2O5/c1-7(11(14)17-2)18-10-4-3-9(13(15)16)5-8(10)6-12/h3-5,7H,6,12H2,1-2H3. The summed E-state index contributed by atoms with van der Waals surface area (Å²) in [5.74, 6) is -0.197. The summed E-state index contributed by atoms with van der Waals surface area (Å²) in [6.45, 7) is 1.60. The Labute approximate surface area is 104 Å². The van der Waals surface area contributed by atoms with Crippen molar-refractivity contribution >= 4 is 11.7 Å². The quantitative estimate of drug-likeness (QED) is 0.477. The summed E-state index contributed by atoms with van der Waals surface area (Å²) in [5.41, 5.74) is 5.87. The lowest BCUT2D eigenvalue weighted by Crippen LogP contribution is -2.25. The molecule has 0 saturated carbocycles. The molecule has 0 aromatic heterocycles. The van der Waals surface area contributed by atoms with Gasteiger partial charge in [0.25, 0.3) is 5.69 Å². The van der Waals surface area contributed by atoms with Crippen molar-refractivity contribution in [3.63, 3.8) is 0 Å². The molecule has 0 heterocycles. The van der Waals surface area contributed by atoms with Gasteiger partial charge in [0.1, 0.15) is 5.75 Å². The Balaban J connectivity index is 2.96. The highest BCUT2D eigenvalue weighted by Gasteiger charge is 2.18. The molecule has 0 radical (unpaired) electrons. The lowest BCUT2D eigenvalue weighted by Gasteiger charge is -2.14. The molecule has 1 atom stereocenters. The third-order valence-corrected chi connectivity index (χ3v) is 2.31. The van der Waals surface area contributed by atoms with E-state index in [1.54, 1.807) is 0 Å². The summed E-state index contributed by atoms with van der Waals surface area (Å²) in [6.07, 6.45) is -0.804. The lowest BCUT2D eigenvalue weighted by molar-refractivity contribution is -0.384. The van der Waals surface area contributed by atoms with Crippen molar-refractivity contribution in [3.05, 3.63) is 33.9 Å². The summed E-state index contributed by atoms with van der Waals surface area (Å²) in [5, 5.41) is 10.6. The van der Waals surface area contributed by atoms with Crippen LogP contribution in [0, 0.1) is 10.1 Å². The molecule has 0 aliphatic rings. The van der Waals surface area contributed by atoms with Gasteiger partial charge in [0.15, 0.2) is 6.10 Å². The number of hydrogen-bond acceptors (Lipinski definition) is 6. The summed E-state index contributed by atoms with van der Waals surface area (Å²) in [6, 6.07) is 4.03. The van der Waals surface area contributed by atoms with Crippen molar-refractivity contribution in [2.45, 2.75) is 19.6 Å². The van der Waals surface area contributed by atoms with Crippen LogP contribution in [-0.4, -0.2) is 24.1 Å². The van der Waals surface area contributed by atoms with Crippen LogP contribution in [0.1, 0.15) is 12.5 Å². The van der Waals surface area contributed by atoms with Crippen LogP contribution in [0.5, 0.6) is 5.75 Å². The van der Waals surface area contributed by atoms with Crippen LogP contribution in [0.2, 0.25) is 0 Å². The van der Waals surface area contributed by atoms with Crippen molar-refractivity contribution < 1.29 is 19.2 Å². The summed E-state index contributed by atoms with van der Waals surface area (Å²) in [4.78, 5) is 21.3. The maximum Gasteiger partial charge on any atom is 0.346 e. The van der Waals surface area contributed by atoms with Gasteiger partial charge in [0, 0.05) is 24.2 Å². The number of nitrogens with zero attached hydrogens (tertiary/aromatic N) is 1. The lowest BCUT2D eigenvalue weighted by atomic mass is 10.2. The second kappa shape index (κ2) is 5.97.